The van der Waals surface area contributed by atoms with Crippen molar-refractivity contribution in [3.05, 3.63) is 89.5 Å². The molecule has 136 valence electrons. The molecule has 0 spiro atoms. The lowest BCUT2D eigenvalue weighted by molar-refractivity contribution is 0.425. The molecular formula is C21H22FNO2S. The first kappa shape index (κ1) is 18.4. The van der Waals surface area contributed by atoms with Crippen molar-refractivity contribution in [2.45, 2.75) is 32.1 Å². The maximum Gasteiger partial charge on any atom is 0.270 e. The van der Waals surface area contributed by atoms with Crippen molar-refractivity contribution >= 4 is 10.0 Å². The third kappa shape index (κ3) is 3.44. The largest absolute Gasteiger partial charge is 0.270 e. The summed E-state index contributed by atoms with van der Waals surface area (Å²) in [5, 5.41) is 0. The van der Waals surface area contributed by atoms with Gasteiger partial charge in [-0.3, -0.25) is 0 Å². The quantitative estimate of drug-likeness (QED) is 0.712. The summed E-state index contributed by atoms with van der Waals surface area (Å²) in [6.45, 7) is 5.50. The molecule has 0 fully saturated rings. The van der Waals surface area contributed by atoms with Crippen LogP contribution in [0.2, 0.25) is 0 Å². The fourth-order valence-corrected chi connectivity index (χ4v) is 4.58. The SMILES string of the molecule is Cc1ccc(S(=O)(=O)N2C(F)=CC(C)(C)C2=CCc2ccccc2)cc1. The number of allylic oxidation sites excluding steroid dienone is 2. The number of hydrogen-bond acceptors (Lipinski definition) is 2. The van der Waals surface area contributed by atoms with Gasteiger partial charge in [0.1, 0.15) is 0 Å². The molecule has 3 nitrogen and oxygen atoms in total. The summed E-state index contributed by atoms with van der Waals surface area (Å²) in [6, 6.07) is 16.1. The normalized spacial score (nSPS) is 18.2. The van der Waals surface area contributed by atoms with Gasteiger partial charge in [-0.15, -0.1) is 0 Å². The standard InChI is InChI=1S/C21H22FNO2S/c1-16-9-12-18(13-10-16)26(24,25)23-19(21(2,3)15-20(23)22)14-11-17-7-5-4-6-8-17/h4-10,12-15H,11H2,1-3H3. The van der Waals surface area contributed by atoms with Crippen LogP contribution < -0.4 is 0 Å². The van der Waals surface area contributed by atoms with Crippen LogP contribution in [-0.4, -0.2) is 12.7 Å². The van der Waals surface area contributed by atoms with E-state index >= 15 is 0 Å². The summed E-state index contributed by atoms with van der Waals surface area (Å²) in [4.78, 5) is 0.0787. The van der Waals surface area contributed by atoms with Crippen molar-refractivity contribution in [1.29, 1.82) is 0 Å². The monoisotopic (exact) mass is 371 g/mol. The van der Waals surface area contributed by atoms with E-state index in [-0.39, 0.29) is 4.90 Å². The number of hydrogen-bond donors (Lipinski definition) is 0. The zero-order chi connectivity index (χ0) is 18.9. The van der Waals surface area contributed by atoms with E-state index in [2.05, 4.69) is 0 Å². The molecule has 0 unspecified atom stereocenters. The Kier molecular flexibility index (Phi) is 4.76. The van der Waals surface area contributed by atoms with Crippen LogP contribution in [0.5, 0.6) is 0 Å². The highest BCUT2D eigenvalue weighted by Gasteiger charge is 2.42. The summed E-state index contributed by atoms with van der Waals surface area (Å²) in [5.74, 6) is -0.755. The average molecular weight is 371 g/mol. The molecule has 5 heteroatoms. The van der Waals surface area contributed by atoms with E-state index in [9.17, 15) is 12.8 Å². The van der Waals surface area contributed by atoms with Crippen LogP contribution in [0.15, 0.2) is 83.3 Å². The van der Waals surface area contributed by atoms with Crippen LogP contribution in [-0.2, 0) is 16.4 Å². The van der Waals surface area contributed by atoms with Gasteiger partial charge in [0.2, 0.25) is 5.95 Å². The van der Waals surface area contributed by atoms with Crippen molar-refractivity contribution in [3.63, 3.8) is 0 Å². The Balaban J connectivity index is 2.02. The van der Waals surface area contributed by atoms with Gasteiger partial charge in [-0.1, -0.05) is 68.0 Å². The molecule has 0 atom stereocenters. The molecule has 0 N–H and O–H groups in total. The van der Waals surface area contributed by atoms with Gasteiger partial charge in [-0.05, 0) is 37.1 Å². The Hall–Kier alpha value is -2.40. The van der Waals surface area contributed by atoms with Gasteiger partial charge >= 0.3 is 0 Å². The van der Waals surface area contributed by atoms with E-state index in [1.807, 2.05) is 51.1 Å². The van der Waals surface area contributed by atoms with Crippen molar-refractivity contribution in [1.82, 2.24) is 4.31 Å². The summed E-state index contributed by atoms with van der Waals surface area (Å²) in [5.41, 5.74) is 1.70. The van der Waals surface area contributed by atoms with Gasteiger partial charge in [0.25, 0.3) is 10.0 Å². The third-order valence-electron chi connectivity index (χ3n) is 4.49. The average Bonchev–Trinajstić information content (AvgIpc) is 2.83. The fourth-order valence-electron chi connectivity index (χ4n) is 3.04. The molecule has 2 aromatic carbocycles. The molecule has 3 rings (SSSR count). The number of rotatable bonds is 4. The van der Waals surface area contributed by atoms with Gasteiger partial charge < -0.3 is 0 Å². The number of benzene rings is 2. The molecule has 0 bridgehead atoms. The lowest BCUT2D eigenvalue weighted by Gasteiger charge is -2.26. The van der Waals surface area contributed by atoms with E-state index in [4.69, 9.17) is 0 Å². The van der Waals surface area contributed by atoms with Crippen LogP contribution in [0.25, 0.3) is 0 Å². The van der Waals surface area contributed by atoms with Crippen molar-refractivity contribution in [2.75, 3.05) is 0 Å². The lowest BCUT2D eigenvalue weighted by atomic mass is 9.90. The number of sulfonamides is 1. The Morgan fingerprint density at radius 2 is 1.65 bits per heavy atom. The zero-order valence-corrected chi connectivity index (χ0v) is 15.9. The molecule has 0 amide bonds. The van der Waals surface area contributed by atoms with Crippen molar-refractivity contribution in [3.8, 4) is 0 Å². The molecule has 1 heterocycles. The molecular weight excluding hydrogens is 349 g/mol. The van der Waals surface area contributed by atoms with E-state index < -0.39 is 21.4 Å². The highest BCUT2D eigenvalue weighted by atomic mass is 32.2. The van der Waals surface area contributed by atoms with Crippen LogP contribution in [0.4, 0.5) is 4.39 Å². The number of aryl methyl sites for hydroxylation is 1. The second-order valence-corrected chi connectivity index (χ2v) is 8.84. The summed E-state index contributed by atoms with van der Waals surface area (Å²) in [6.07, 6.45) is 3.68. The maximum atomic E-state index is 14.7. The molecule has 0 aromatic heterocycles. The molecule has 1 aliphatic heterocycles. The predicted molar refractivity (Wildman–Crippen MR) is 101 cm³/mol. The third-order valence-corrected chi connectivity index (χ3v) is 6.21. The highest BCUT2D eigenvalue weighted by molar-refractivity contribution is 7.89. The Labute approximate surface area is 154 Å². The summed E-state index contributed by atoms with van der Waals surface area (Å²) >= 11 is 0. The molecule has 1 aliphatic rings. The summed E-state index contributed by atoms with van der Waals surface area (Å²) < 4.78 is 41.7. The van der Waals surface area contributed by atoms with Crippen LogP contribution >= 0.6 is 0 Å². The minimum Gasteiger partial charge on any atom is -0.213 e. The Morgan fingerprint density at radius 1 is 1.04 bits per heavy atom. The lowest BCUT2D eigenvalue weighted by Crippen LogP contribution is -2.29. The van der Waals surface area contributed by atoms with Gasteiger partial charge in [0.05, 0.1) is 4.90 Å². The Bertz CT molecular complexity index is 959. The highest BCUT2D eigenvalue weighted by Crippen LogP contribution is 2.44. The molecule has 2 aromatic rings. The number of nitrogens with zero attached hydrogens (tertiary/aromatic N) is 1. The molecule has 0 radical (unpaired) electrons. The first-order valence-corrected chi connectivity index (χ1v) is 9.91. The Morgan fingerprint density at radius 3 is 2.27 bits per heavy atom. The molecule has 0 aliphatic carbocycles. The molecule has 0 saturated heterocycles. The van der Waals surface area contributed by atoms with E-state index in [1.54, 1.807) is 18.2 Å². The minimum absolute atomic E-state index is 0.0787. The van der Waals surface area contributed by atoms with Crippen molar-refractivity contribution < 1.29 is 12.8 Å². The van der Waals surface area contributed by atoms with Gasteiger partial charge in [-0.2, -0.15) is 4.39 Å². The zero-order valence-electron chi connectivity index (χ0n) is 15.1. The fraction of sp³-hybridized carbons (Fsp3) is 0.238. The van der Waals surface area contributed by atoms with Crippen LogP contribution in [0.3, 0.4) is 0 Å². The molecule has 0 saturated carbocycles. The topological polar surface area (TPSA) is 37.4 Å². The number of halogens is 1. The van der Waals surface area contributed by atoms with Crippen LogP contribution in [0.1, 0.15) is 25.0 Å². The second kappa shape index (κ2) is 6.72. The van der Waals surface area contributed by atoms with Gasteiger partial charge in [-0.25, -0.2) is 12.7 Å². The van der Waals surface area contributed by atoms with E-state index in [1.165, 1.54) is 18.2 Å². The summed E-state index contributed by atoms with van der Waals surface area (Å²) in [7, 11) is -4.01. The molecule has 26 heavy (non-hydrogen) atoms. The maximum absolute atomic E-state index is 14.7. The second-order valence-electron chi connectivity index (χ2n) is 7.05. The first-order valence-electron chi connectivity index (χ1n) is 8.47. The van der Waals surface area contributed by atoms with Crippen molar-refractivity contribution in [2.24, 2.45) is 5.41 Å². The minimum atomic E-state index is -4.01. The predicted octanol–water partition coefficient (Wildman–Crippen LogP) is 4.96. The first-order chi connectivity index (χ1) is 12.2. The van der Waals surface area contributed by atoms with Gasteiger partial charge in [0.15, 0.2) is 0 Å². The van der Waals surface area contributed by atoms with Crippen LogP contribution in [0, 0.1) is 12.3 Å². The van der Waals surface area contributed by atoms with E-state index in [0.717, 1.165) is 15.4 Å². The smallest absolute Gasteiger partial charge is 0.213 e. The van der Waals surface area contributed by atoms with Gasteiger partial charge in [0, 0.05) is 11.1 Å². The van der Waals surface area contributed by atoms with E-state index in [0.29, 0.717) is 12.1 Å².